The van der Waals surface area contributed by atoms with Crippen molar-refractivity contribution in [3.63, 3.8) is 0 Å². The van der Waals surface area contributed by atoms with Crippen molar-refractivity contribution in [3.8, 4) is 0 Å². The predicted molar refractivity (Wildman–Crippen MR) is 17.4 cm³/mol. The van der Waals surface area contributed by atoms with Gasteiger partial charge in [-0.2, -0.15) is 0 Å². The third-order valence-corrected chi connectivity index (χ3v) is 0. The first-order valence-corrected chi connectivity index (χ1v) is 1.41. The molecule has 0 aromatic heterocycles. The van der Waals surface area contributed by atoms with Gasteiger partial charge in [0, 0.05) is 43.8 Å². The van der Waals surface area contributed by atoms with Crippen LogP contribution >= 0.6 is 0 Å². The molecule has 37 valence electrons. The average Bonchev–Trinajstić information content (AvgIpc) is 0.811. The normalized spacial score (nSPS) is 7.20. The molecule has 0 unspecified atom stereocenters. The van der Waals surface area contributed by atoms with E-state index in [1.807, 2.05) is 0 Å². The van der Waals surface area contributed by atoms with Gasteiger partial charge in [0.2, 0.25) is 0 Å². The summed E-state index contributed by atoms with van der Waals surface area (Å²) >= 11 is 0. The minimum absolute atomic E-state index is 0. The van der Waals surface area contributed by atoms with Gasteiger partial charge in [-0.3, -0.25) is 0 Å². The first-order valence-electron chi connectivity index (χ1n) is 1.41. The Morgan fingerprint density at radius 2 is 1.40 bits per heavy atom. The summed E-state index contributed by atoms with van der Waals surface area (Å²) in [6, 6.07) is 0. The SMILES string of the molecule is CC(C)O.[Ho]. The summed E-state index contributed by atoms with van der Waals surface area (Å²) in [7, 11) is 0. The van der Waals surface area contributed by atoms with Crippen molar-refractivity contribution >= 4 is 0 Å². The number of aliphatic hydroxyl groups is 1. The Kier molecular flexibility index (Phi) is 9.94. The van der Waals surface area contributed by atoms with Crippen molar-refractivity contribution in [1.29, 1.82) is 0 Å². The fourth-order valence-electron chi connectivity index (χ4n) is 0. The molecule has 0 spiro atoms. The van der Waals surface area contributed by atoms with Gasteiger partial charge < -0.3 is 5.11 Å². The van der Waals surface area contributed by atoms with Gasteiger partial charge in [-0.1, -0.05) is 0 Å². The maximum Gasteiger partial charge on any atom is 0.0483 e. The summed E-state index contributed by atoms with van der Waals surface area (Å²) in [5, 5.41) is 8.06. The second-order valence-electron chi connectivity index (χ2n) is 1.09. The molecule has 5 heavy (non-hydrogen) atoms. The minimum Gasteiger partial charge on any atom is -0.394 e. The second kappa shape index (κ2) is 5.22. The smallest absolute Gasteiger partial charge is 0.0483 e. The predicted octanol–water partition coefficient (Wildman–Crippen LogP) is 0.387. The molecule has 1 radical (unpaired) electrons. The number of hydrogen-bond acceptors (Lipinski definition) is 1. The van der Waals surface area contributed by atoms with E-state index >= 15 is 0 Å². The van der Waals surface area contributed by atoms with Crippen molar-refractivity contribution in [2.45, 2.75) is 20.0 Å². The van der Waals surface area contributed by atoms with E-state index in [9.17, 15) is 0 Å². The maximum atomic E-state index is 8.06. The quantitative estimate of drug-likeness (QED) is 0.591. The van der Waals surface area contributed by atoms with Crippen LogP contribution in [0.5, 0.6) is 0 Å². The molecule has 0 fully saturated rings. The number of rotatable bonds is 0. The molecule has 0 atom stereocenters. The van der Waals surface area contributed by atoms with Crippen LogP contribution in [0.2, 0.25) is 0 Å². The van der Waals surface area contributed by atoms with Gasteiger partial charge >= 0.3 is 0 Å². The minimum atomic E-state index is -0.167. The number of hydrogen-bond donors (Lipinski definition) is 1. The van der Waals surface area contributed by atoms with Crippen molar-refractivity contribution in [3.05, 3.63) is 0 Å². The zero-order chi connectivity index (χ0) is 3.58. The van der Waals surface area contributed by atoms with Crippen molar-refractivity contribution in [2.24, 2.45) is 0 Å². The van der Waals surface area contributed by atoms with E-state index in [0.717, 1.165) is 0 Å². The molecule has 0 heterocycles. The standard InChI is InChI=1S/C3H8O.Ho/c1-3(2)4;/h3-4H,1-2H3;. The molecule has 0 rings (SSSR count). The molecule has 0 amide bonds. The first-order chi connectivity index (χ1) is 1.73. The van der Waals surface area contributed by atoms with Crippen LogP contribution in [-0.4, -0.2) is 11.2 Å². The summed E-state index contributed by atoms with van der Waals surface area (Å²) in [5.74, 6) is 0. The van der Waals surface area contributed by atoms with Crippen LogP contribution in [0.25, 0.3) is 0 Å². The van der Waals surface area contributed by atoms with Crippen LogP contribution in [0, 0.1) is 37.7 Å². The van der Waals surface area contributed by atoms with Gasteiger partial charge in [-0.25, -0.2) is 0 Å². The van der Waals surface area contributed by atoms with E-state index in [2.05, 4.69) is 0 Å². The molecule has 0 bridgehead atoms. The summed E-state index contributed by atoms with van der Waals surface area (Å²) in [4.78, 5) is 0. The zero-order valence-electron chi connectivity index (χ0n) is 3.33. The van der Waals surface area contributed by atoms with Gasteiger partial charge in [-0.05, 0) is 13.8 Å². The molecule has 0 saturated heterocycles. The van der Waals surface area contributed by atoms with E-state index in [-0.39, 0.29) is 43.8 Å². The Labute approximate surface area is 62.4 Å². The van der Waals surface area contributed by atoms with Crippen LogP contribution in [0.4, 0.5) is 0 Å². The summed E-state index contributed by atoms with van der Waals surface area (Å²) in [5.41, 5.74) is 0. The Morgan fingerprint density at radius 1 is 1.40 bits per heavy atom. The molecular weight excluding hydrogens is 217 g/mol. The molecule has 2 heteroatoms. The molecule has 0 aliphatic rings. The Morgan fingerprint density at radius 3 is 1.40 bits per heavy atom. The topological polar surface area (TPSA) is 20.2 Å². The molecular formula is C3H8HoO. The third kappa shape index (κ3) is 36.4. The molecule has 0 saturated carbocycles. The fourth-order valence-corrected chi connectivity index (χ4v) is 0. The van der Waals surface area contributed by atoms with Crippen LogP contribution in [0.1, 0.15) is 13.8 Å². The van der Waals surface area contributed by atoms with Gasteiger partial charge in [0.25, 0.3) is 0 Å². The van der Waals surface area contributed by atoms with Crippen LogP contribution in [0.3, 0.4) is 0 Å². The van der Waals surface area contributed by atoms with Gasteiger partial charge in [0.1, 0.15) is 0 Å². The number of aliphatic hydroxyl groups excluding tert-OH is 1. The molecule has 0 aliphatic heterocycles. The van der Waals surface area contributed by atoms with E-state index < -0.39 is 0 Å². The largest absolute Gasteiger partial charge is 0.394 e. The third-order valence-electron chi connectivity index (χ3n) is 0. The van der Waals surface area contributed by atoms with Gasteiger partial charge in [0.05, 0.1) is 0 Å². The molecule has 0 aliphatic carbocycles. The summed E-state index contributed by atoms with van der Waals surface area (Å²) in [6.45, 7) is 3.44. The summed E-state index contributed by atoms with van der Waals surface area (Å²) < 4.78 is 0. The van der Waals surface area contributed by atoms with E-state index in [1.54, 1.807) is 13.8 Å². The van der Waals surface area contributed by atoms with Crippen LogP contribution in [0.15, 0.2) is 0 Å². The first kappa shape index (κ1) is 9.52. The maximum absolute atomic E-state index is 8.06. The van der Waals surface area contributed by atoms with Crippen LogP contribution < -0.4 is 0 Å². The second-order valence-corrected chi connectivity index (χ2v) is 1.09. The Hall–Kier alpha value is 1.22. The van der Waals surface area contributed by atoms with E-state index in [1.165, 1.54) is 0 Å². The van der Waals surface area contributed by atoms with E-state index in [4.69, 9.17) is 5.11 Å². The van der Waals surface area contributed by atoms with E-state index in [0.29, 0.717) is 0 Å². The molecule has 0 aromatic carbocycles. The summed E-state index contributed by atoms with van der Waals surface area (Å²) in [6.07, 6.45) is -0.167. The van der Waals surface area contributed by atoms with Gasteiger partial charge in [0.15, 0.2) is 0 Å². The zero-order valence-corrected chi connectivity index (χ0v) is 5.26. The monoisotopic (exact) mass is 225 g/mol. The molecule has 1 N–H and O–H groups in total. The van der Waals surface area contributed by atoms with Gasteiger partial charge in [-0.15, -0.1) is 0 Å². The van der Waals surface area contributed by atoms with Crippen molar-refractivity contribution < 1.29 is 42.8 Å². The van der Waals surface area contributed by atoms with Crippen LogP contribution in [-0.2, 0) is 0 Å². The fraction of sp³-hybridized carbons (Fsp3) is 1.00. The Balaban J connectivity index is 0. The van der Waals surface area contributed by atoms with Crippen molar-refractivity contribution in [2.75, 3.05) is 0 Å². The Bertz CT molecular complexity index is 11.6. The molecule has 0 aromatic rings. The molecule has 1 nitrogen and oxygen atoms in total. The average molecular weight is 225 g/mol. The van der Waals surface area contributed by atoms with Crippen molar-refractivity contribution in [1.82, 2.24) is 0 Å².